The molecule has 1 saturated heterocycles. The lowest BCUT2D eigenvalue weighted by Crippen LogP contribution is -2.59. The Bertz CT molecular complexity index is 800. The first-order valence-corrected chi connectivity index (χ1v) is 10.8. The van der Waals surface area contributed by atoms with E-state index in [-0.39, 0.29) is 5.75 Å². The Morgan fingerprint density at radius 1 is 1.46 bits per heavy atom. The van der Waals surface area contributed by atoms with Crippen molar-refractivity contribution in [1.29, 1.82) is 5.26 Å². The largest absolute Gasteiger partial charge is 0.497 e. The molecule has 26 heavy (non-hydrogen) atoms. The van der Waals surface area contributed by atoms with Gasteiger partial charge in [0.1, 0.15) is 17.8 Å². The molecule has 0 unspecified atom stereocenters. The number of hydrogen-bond donors (Lipinski definition) is 1. The van der Waals surface area contributed by atoms with Crippen molar-refractivity contribution in [2.75, 3.05) is 18.7 Å². The van der Waals surface area contributed by atoms with Crippen molar-refractivity contribution in [1.82, 2.24) is 4.90 Å². The molecule has 142 valence electrons. The molecule has 0 bridgehead atoms. The quantitative estimate of drug-likeness (QED) is 0.765. The van der Waals surface area contributed by atoms with Gasteiger partial charge in [0, 0.05) is 5.75 Å². The number of nitrogens with two attached hydrogens (primary N) is 1. The van der Waals surface area contributed by atoms with Crippen molar-refractivity contribution in [3.05, 3.63) is 29.8 Å². The van der Waals surface area contributed by atoms with E-state index in [4.69, 9.17) is 15.7 Å². The highest BCUT2D eigenvalue weighted by Crippen LogP contribution is 2.28. The maximum absolute atomic E-state index is 12.9. The second-order valence-corrected chi connectivity index (χ2v) is 10.2. The maximum Gasteiger partial charge on any atom is 0.242 e. The van der Waals surface area contributed by atoms with E-state index in [9.17, 15) is 13.2 Å². The van der Waals surface area contributed by atoms with Crippen molar-refractivity contribution in [3.8, 4) is 11.8 Å². The fourth-order valence-electron chi connectivity index (χ4n) is 2.56. The lowest BCUT2D eigenvalue weighted by molar-refractivity contribution is -0.132. The van der Waals surface area contributed by atoms with Gasteiger partial charge in [-0.05, 0) is 31.5 Å². The van der Waals surface area contributed by atoms with Crippen LogP contribution in [-0.4, -0.2) is 54.8 Å². The van der Waals surface area contributed by atoms with Crippen molar-refractivity contribution < 1.29 is 17.9 Å². The number of nitrogens with zero attached hydrogens (tertiary/aromatic N) is 2. The monoisotopic (exact) mass is 397 g/mol. The van der Waals surface area contributed by atoms with Gasteiger partial charge in [0.2, 0.25) is 5.91 Å². The normalized spacial score (nSPS) is 19.0. The number of methoxy groups -OCH3 is 1. The van der Waals surface area contributed by atoms with Crippen molar-refractivity contribution >= 4 is 27.5 Å². The van der Waals surface area contributed by atoms with E-state index < -0.39 is 32.6 Å². The second-order valence-electron chi connectivity index (χ2n) is 6.64. The van der Waals surface area contributed by atoms with Crippen LogP contribution < -0.4 is 10.5 Å². The number of hydrogen-bond acceptors (Lipinski definition) is 7. The van der Waals surface area contributed by atoms with Crippen molar-refractivity contribution in [3.63, 3.8) is 0 Å². The summed E-state index contributed by atoms with van der Waals surface area (Å²) in [6.07, 6.45) is 0. The van der Waals surface area contributed by atoms with Crippen LogP contribution >= 0.6 is 11.8 Å². The van der Waals surface area contributed by atoms with Crippen LogP contribution in [0.5, 0.6) is 5.75 Å². The highest BCUT2D eigenvalue weighted by molar-refractivity contribution is 7.99. The Morgan fingerprint density at radius 2 is 2.08 bits per heavy atom. The fraction of sp³-hybridized carbons (Fsp3) is 0.529. The zero-order valence-electron chi connectivity index (χ0n) is 15.0. The molecule has 0 aliphatic carbocycles. The summed E-state index contributed by atoms with van der Waals surface area (Å²) < 4.78 is 29.5. The molecule has 7 nitrogen and oxygen atoms in total. The summed E-state index contributed by atoms with van der Waals surface area (Å²) in [6.45, 7) is 2.91. The fourth-order valence-corrected chi connectivity index (χ4v) is 5.14. The summed E-state index contributed by atoms with van der Waals surface area (Å²) in [5.41, 5.74) is 6.66. The number of sulfone groups is 1. The van der Waals surface area contributed by atoms with Crippen LogP contribution in [0, 0.1) is 11.3 Å². The molecule has 1 fully saturated rings. The zero-order valence-corrected chi connectivity index (χ0v) is 16.6. The summed E-state index contributed by atoms with van der Waals surface area (Å²) >= 11 is 1.45. The highest BCUT2D eigenvalue weighted by Gasteiger charge is 2.46. The first kappa shape index (κ1) is 20.6. The molecule has 9 heteroatoms. The minimum atomic E-state index is -3.73. The van der Waals surface area contributed by atoms with E-state index in [0.29, 0.717) is 22.9 Å². The predicted molar refractivity (Wildman–Crippen MR) is 101 cm³/mol. The number of carbonyl (C=O) groups excluding carboxylic acids is 1. The number of carbonyl (C=O) groups is 1. The summed E-state index contributed by atoms with van der Waals surface area (Å²) in [7, 11) is -2.20. The number of amides is 1. The van der Waals surface area contributed by atoms with Crippen molar-refractivity contribution in [2.45, 2.75) is 36.4 Å². The van der Waals surface area contributed by atoms with Crippen LogP contribution in [0.3, 0.4) is 0 Å². The SMILES string of the molecule is COc1ccc(CS(=O)(=O)C(C)(C)[C@H](N)C(=O)N2CSC[C@H]2C#N)cc1. The standard InChI is InChI=1S/C17H23N3O4S2/c1-17(2,15(19)16(21)20-11-25-9-13(20)8-18)26(22,23)10-12-4-6-14(24-3)7-5-12/h4-7,13,15H,9-11,19H2,1-3H3/t13-,15-/m1/s1. The zero-order chi connectivity index (χ0) is 19.5. The molecule has 1 aliphatic rings. The molecule has 1 amide bonds. The van der Waals surface area contributed by atoms with Gasteiger partial charge in [0.15, 0.2) is 9.84 Å². The third kappa shape index (κ3) is 3.98. The third-order valence-electron chi connectivity index (χ3n) is 4.65. The van der Waals surface area contributed by atoms with E-state index in [1.807, 2.05) is 0 Å². The van der Waals surface area contributed by atoms with Crippen LogP contribution in [-0.2, 0) is 20.4 Å². The Kier molecular flexibility index (Phi) is 6.21. The Labute approximate surface area is 158 Å². The molecule has 2 N–H and O–H groups in total. The number of benzene rings is 1. The van der Waals surface area contributed by atoms with Gasteiger partial charge in [-0.25, -0.2) is 8.42 Å². The average Bonchev–Trinajstić information content (AvgIpc) is 3.09. The number of rotatable bonds is 6. The third-order valence-corrected chi connectivity index (χ3v) is 8.23. The van der Waals surface area contributed by atoms with E-state index in [2.05, 4.69) is 6.07 Å². The summed E-state index contributed by atoms with van der Waals surface area (Å²) in [5.74, 6) is 0.741. The van der Waals surface area contributed by atoms with Crippen LogP contribution in [0.1, 0.15) is 19.4 Å². The average molecular weight is 398 g/mol. The van der Waals surface area contributed by atoms with Gasteiger partial charge in [0.25, 0.3) is 0 Å². The summed E-state index contributed by atoms with van der Waals surface area (Å²) in [5, 5.41) is 9.14. The van der Waals surface area contributed by atoms with E-state index in [0.717, 1.165) is 0 Å². The minimum absolute atomic E-state index is 0.235. The molecule has 2 rings (SSSR count). The van der Waals surface area contributed by atoms with Crippen molar-refractivity contribution in [2.24, 2.45) is 5.73 Å². The highest BCUT2D eigenvalue weighted by atomic mass is 32.2. The van der Waals surface area contributed by atoms with Crippen LogP contribution in [0.2, 0.25) is 0 Å². The molecule has 1 heterocycles. The predicted octanol–water partition coefficient (Wildman–Crippen LogP) is 1.14. The van der Waals surface area contributed by atoms with Gasteiger partial charge in [-0.3, -0.25) is 4.79 Å². The molecule has 1 aromatic carbocycles. The van der Waals surface area contributed by atoms with Gasteiger partial charge in [-0.15, -0.1) is 11.8 Å². The topological polar surface area (TPSA) is 113 Å². The Morgan fingerprint density at radius 3 is 2.62 bits per heavy atom. The lowest BCUT2D eigenvalue weighted by atomic mass is 10.0. The first-order valence-electron chi connectivity index (χ1n) is 8.02. The van der Waals surface area contributed by atoms with Crippen LogP contribution in [0.15, 0.2) is 24.3 Å². The molecule has 0 aromatic heterocycles. The number of thioether (sulfide) groups is 1. The molecular formula is C17H23N3O4S2. The van der Waals surface area contributed by atoms with Gasteiger partial charge in [-0.1, -0.05) is 12.1 Å². The molecule has 1 aliphatic heterocycles. The number of ether oxygens (including phenoxy) is 1. The van der Waals surface area contributed by atoms with Crippen LogP contribution in [0.4, 0.5) is 0 Å². The lowest BCUT2D eigenvalue weighted by Gasteiger charge is -2.33. The van der Waals surface area contributed by atoms with E-state index in [1.54, 1.807) is 24.3 Å². The molecule has 0 spiro atoms. The summed E-state index contributed by atoms with van der Waals surface area (Å²) in [4.78, 5) is 14.1. The molecular weight excluding hydrogens is 374 g/mol. The van der Waals surface area contributed by atoms with Gasteiger partial charge >= 0.3 is 0 Å². The summed E-state index contributed by atoms with van der Waals surface area (Å²) in [6, 6.07) is 6.94. The van der Waals surface area contributed by atoms with Gasteiger partial charge < -0.3 is 15.4 Å². The Hall–Kier alpha value is -1.76. The molecule has 0 radical (unpaired) electrons. The molecule has 1 aromatic rings. The van der Waals surface area contributed by atoms with Gasteiger partial charge in [-0.2, -0.15) is 5.26 Å². The molecule has 2 atom stereocenters. The van der Waals surface area contributed by atoms with Gasteiger partial charge in [0.05, 0.1) is 29.6 Å². The van der Waals surface area contributed by atoms with Crippen LogP contribution in [0.25, 0.3) is 0 Å². The molecule has 0 saturated carbocycles. The maximum atomic E-state index is 12.9. The Balaban J connectivity index is 2.20. The van der Waals surface area contributed by atoms with E-state index >= 15 is 0 Å². The second kappa shape index (κ2) is 7.86. The minimum Gasteiger partial charge on any atom is -0.497 e. The van der Waals surface area contributed by atoms with E-state index in [1.165, 1.54) is 37.6 Å². The number of nitriles is 1. The smallest absolute Gasteiger partial charge is 0.242 e. The first-order chi connectivity index (χ1) is 12.1.